The number of non-ortho nitro benzene ring substituents is 1. The topological polar surface area (TPSA) is 96.3 Å². The zero-order chi connectivity index (χ0) is 19.7. The minimum absolute atomic E-state index is 0.0187. The number of nitro groups is 1. The molecule has 1 aliphatic heterocycles. The normalized spacial score (nSPS) is 20.4. The van der Waals surface area contributed by atoms with Gasteiger partial charge < -0.3 is 16.0 Å². The lowest BCUT2D eigenvalue weighted by molar-refractivity contribution is -0.384. The van der Waals surface area contributed by atoms with E-state index in [1.165, 1.54) is 12.1 Å². The summed E-state index contributed by atoms with van der Waals surface area (Å²) in [5.74, 6) is -0.152. The molecule has 0 bridgehead atoms. The molecule has 0 aromatic heterocycles. The summed E-state index contributed by atoms with van der Waals surface area (Å²) in [6, 6.07) is 14.3. The Morgan fingerprint density at radius 1 is 1.11 bits per heavy atom. The highest BCUT2D eigenvalue weighted by molar-refractivity contribution is 5.91. The Morgan fingerprint density at radius 3 is 2.48 bits per heavy atom. The Hall–Kier alpha value is -3.09. The molecule has 2 aromatic carbocycles. The van der Waals surface area contributed by atoms with Gasteiger partial charge in [0.25, 0.3) is 5.69 Å². The maximum absolute atomic E-state index is 13.0. The third kappa shape index (κ3) is 4.19. The first kappa shape index (κ1) is 18.7. The molecule has 27 heavy (non-hydrogen) atoms. The fourth-order valence-corrected chi connectivity index (χ4v) is 3.60. The number of rotatable bonds is 4. The van der Waals surface area contributed by atoms with Crippen LogP contribution in [0.1, 0.15) is 32.8 Å². The van der Waals surface area contributed by atoms with Gasteiger partial charge in [-0.2, -0.15) is 0 Å². The van der Waals surface area contributed by atoms with Crippen molar-refractivity contribution in [3.8, 4) is 0 Å². The number of benzene rings is 2. The molecule has 0 saturated heterocycles. The second kappa shape index (κ2) is 6.90. The van der Waals surface area contributed by atoms with Crippen molar-refractivity contribution < 1.29 is 9.72 Å². The minimum atomic E-state index is -0.925. The lowest BCUT2D eigenvalue weighted by Crippen LogP contribution is -2.53. The van der Waals surface area contributed by atoms with Crippen LogP contribution in [-0.4, -0.2) is 21.9 Å². The van der Waals surface area contributed by atoms with E-state index >= 15 is 0 Å². The van der Waals surface area contributed by atoms with Crippen LogP contribution in [0.25, 0.3) is 0 Å². The van der Waals surface area contributed by atoms with E-state index in [4.69, 9.17) is 0 Å². The van der Waals surface area contributed by atoms with Gasteiger partial charge in [0.1, 0.15) is 5.54 Å². The average molecular weight is 368 g/mol. The highest BCUT2D eigenvalue weighted by Crippen LogP contribution is 2.38. The molecule has 2 aromatic rings. The third-order valence-electron chi connectivity index (χ3n) is 4.69. The molecule has 1 heterocycles. The van der Waals surface area contributed by atoms with Crippen molar-refractivity contribution in [1.29, 1.82) is 0 Å². The predicted octanol–water partition coefficient (Wildman–Crippen LogP) is 3.68. The van der Waals surface area contributed by atoms with Gasteiger partial charge in [0.05, 0.1) is 16.3 Å². The van der Waals surface area contributed by atoms with Gasteiger partial charge in [-0.3, -0.25) is 14.9 Å². The lowest BCUT2D eigenvalue weighted by atomic mass is 9.85. The summed E-state index contributed by atoms with van der Waals surface area (Å²) in [5, 5.41) is 20.7. The SMILES string of the molecule is CC1(C)CC(C)(C(=O)NCc2ccccc2)Nc2cc([N+](=O)[O-])ccc2N1. The zero-order valence-corrected chi connectivity index (χ0v) is 15.7. The molecule has 0 radical (unpaired) electrons. The summed E-state index contributed by atoms with van der Waals surface area (Å²) < 4.78 is 0. The number of nitro benzene ring substituents is 1. The largest absolute Gasteiger partial charge is 0.378 e. The molecule has 1 aliphatic rings. The van der Waals surface area contributed by atoms with Crippen molar-refractivity contribution in [2.45, 2.75) is 44.8 Å². The number of nitrogens with one attached hydrogen (secondary N) is 3. The van der Waals surface area contributed by atoms with Gasteiger partial charge in [-0.05, 0) is 32.4 Å². The van der Waals surface area contributed by atoms with Gasteiger partial charge in [0.15, 0.2) is 0 Å². The summed E-state index contributed by atoms with van der Waals surface area (Å²) in [5.41, 5.74) is 0.975. The maximum Gasteiger partial charge on any atom is 0.271 e. The lowest BCUT2D eigenvalue weighted by Gasteiger charge is -2.34. The second-order valence-electron chi connectivity index (χ2n) is 7.80. The number of amides is 1. The summed E-state index contributed by atoms with van der Waals surface area (Å²) in [6.45, 7) is 6.26. The molecule has 1 atom stereocenters. The molecule has 0 spiro atoms. The fourth-order valence-electron chi connectivity index (χ4n) is 3.60. The van der Waals surface area contributed by atoms with E-state index < -0.39 is 10.5 Å². The highest BCUT2D eigenvalue weighted by Gasteiger charge is 2.42. The van der Waals surface area contributed by atoms with Crippen LogP contribution in [0.2, 0.25) is 0 Å². The van der Waals surface area contributed by atoms with Crippen molar-refractivity contribution in [2.24, 2.45) is 0 Å². The third-order valence-corrected chi connectivity index (χ3v) is 4.69. The van der Waals surface area contributed by atoms with Gasteiger partial charge in [0, 0.05) is 30.6 Å². The molecule has 142 valence electrons. The number of nitrogens with zero attached hydrogens (tertiary/aromatic N) is 1. The number of hydrogen-bond acceptors (Lipinski definition) is 5. The standard InChI is InChI=1S/C20H24N4O3/c1-19(2)13-20(3,18(25)21-12-14-7-5-4-6-8-14)23-17-11-15(24(26)27)9-10-16(17)22-19/h4-11,22-23H,12-13H2,1-3H3,(H,21,25). The van der Waals surface area contributed by atoms with E-state index in [2.05, 4.69) is 16.0 Å². The van der Waals surface area contributed by atoms with Crippen molar-refractivity contribution in [3.05, 3.63) is 64.2 Å². The molecule has 7 heteroatoms. The molecule has 7 nitrogen and oxygen atoms in total. The van der Waals surface area contributed by atoms with Gasteiger partial charge in [-0.15, -0.1) is 0 Å². The minimum Gasteiger partial charge on any atom is -0.378 e. The van der Waals surface area contributed by atoms with Crippen LogP contribution in [0.3, 0.4) is 0 Å². The predicted molar refractivity (Wildman–Crippen MR) is 106 cm³/mol. The molecular weight excluding hydrogens is 344 g/mol. The van der Waals surface area contributed by atoms with E-state index in [-0.39, 0.29) is 17.1 Å². The number of carbonyl (C=O) groups is 1. The Balaban J connectivity index is 1.87. The molecule has 0 aliphatic carbocycles. The first-order valence-electron chi connectivity index (χ1n) is 8.86. The van der Waals surface area contributed by atoms with Gasteiger partial charge in [0.2, 0.25) is 5.91 Å². The Bertz CT molecular complexity index is 867. The van der Waals surface area contributed by atoms with Crippen LogP contribution < -0.4 is 16.0 Å². The number of carbonyl (C=O) groups excluding carboxylic acids is 1. The summed E-state index contributed by atoms with van der Waals surface area (Å²) in [6.07, 6.45) is 0.503. The van der Waals surface area contributed by atoms with E-state index in [9.17, 15) is 14.9 Å². The van der Waals surface area contributed by atoms with Crippen LogP contribution in [0, 0.1) is 10.1 Å². The maximum atomic E-state index is 13.0. The van der Waals surface area contributed by atoms with Crippen LogP contribution in [-0.2, 0) is 11.3 Å². The smallest absolute Gasteiger partial charge is 0.271 e. The van der Waals surface area contributed by atoms with Gasteiger partial charge in [-0.1, -0.05) is 30.3 Å². The van der Waals surface area contributed by atoms with E-state index in [1.807, 2.05) is 51.1 Å². The van der Waals surface area contributed by atoms with E-state index in [1.54, 1.807) is 6.07 Å². The molecule has 1 unspecified atom stereocenters. The Labute approximate surface area is 158 Å². The summed E-state index contributed by atoms with van der Waals surface area (Å²) in [4.78, 5) is 23.7. The first-order valence-corrected chi connectivity index (χ1v) is 8.86. The van der Waals surface area contributed by atoms with E-state index in [0.29, 0.717) is 18.7 Å². The number of anilines is 2. The highest BCUT2D eigenvalue weighted by atomic mass is 16.6. The summed E-state index contributed by atoms with van der Waals surface area (Å²) in [7, 11) is 0. The van der Waals surface area contributed by atoms with Crippen molar-refractivity contribution in [1.82, 2.24) is 5.32 Å². The first-order chi connectivity index (χ1) is 12.7. The van der Waals surface area contributed by atoms with E-state index in [0.717, 1.165) is 11.3 Å². The van der Waals surface area contributed by atoms with Crippen molar-refractivity contribution >= 4 is 23.0 Å². The molecule has 3 rings (SSSR count). The van der Waals surface area contributed by atoms with Crippen molar-refractivity contribution in [3.63, 3.8) is 0 Å². The molecule has 1 amide bonds. The molecule has 0 fully saturated rings. The molecular formula is C20H24N4O3. The van der Waals surface area contributed by atoms with Gasteiger partial charge in [-0.25, -0.2) is 0 Å². The molecule has 3 N–H and O–H groups in total. The average Bonchev–Trinajstić information content (AvgIpc) is 2.71. The van der Waals surface area contributed by atoms with Crippen LogP contribution in [0.4, 0.5) is 17.1 Å². The quantitative estimate of drug-likeness (QED) is 0.565. The van der Waals surface area contributed by atoms with Crippen LogP contribution >= 0.6 is 0 Å². The summed E-state index contributed by atoms with van der Waals surface area (Å²) >= 11 is 0. The van der Waals surface area contributed by atoms with Gasteiger partial charge >= 0.3 is 0 Å². The Kier molecular flexibility index (Phi) is 4.78. The Morgan fingerprint density at radius 2 is 1.81 bits per heavy atom. The zero-order valence-electron chi connectivity index (χ0n) is 15.7. The number of fused-ring (bicyclic) bond motifs is 1. The number of hydrogen-bond donors (Lipinski definition) is 3. The second-order valence-corrected chi connectivity index (χ2v) is 7.80. The van der Waals surface area contributed by atoms with Crippen LogP contribution in [0.5, 0.6) is 0 Å². The van der Waals surface area contributed by atoms with Crippen molar-refractivity contribution in [2.75, 3.05) is 10.6 Å². The van der Waals surface area contributed by atoms with Crippen LogP contribution in [0.15, 0.2) is 48.5 Å². The monoisotopic (exact) mass is 368 g/mol. The molecule has 0 saturated carbocycles. The fraction of sp³-hybridized carbons (Fsp3) is 0.350.